The molecule has 2 saturated heterocycles. The Labute approximate surface area is 263 Å². The van der Waals surface area contributed by atoms with Crippen LogP contribution in [0.3, 0.4) is 0 Å². The van der Waals surface area contributed by atoms with Crippen molar-refractivity contribution in [1.29, 1.82) is 5.26 Å². The minimum absolute atomic E-state index is 0.209. The van der Waals surface area contributed by atoms with Crippen LogP contribution in [-0.4, -0.2) is 95.3 Å². The van der Waals surface area contributed by atoms with E-state index in [1.165, 1.54) is 11.1 Å². The van der Waals surface area contributed by atoms with Gasteiger partial charge < -0.3 is 25.0 Å². The maximum Gasteiger partial charge on any atom is 0.410 e. The fraction of sp³-hybridized carbons (Fsp3) is 0.559. The van der Waals surface area contributed by atoms with Gasteiger partial charge in [-0.05, 0) is 70.4 Å². The van der Waals surface area contributed by atoms with E-state index in [0.29, 0.717) is 25.2 Å². The molecule has 0 atom stereocenters. The standard InChI is InChI=1S/C17H27N3O2.C17H23N3O2/c2*1-17(2,3)22-16(21)20-10-8-19(9-11-20)13-15-6-4-14(12-18)5-7-15/h4-7H,8-13,18H2,1-3H3;4-7H,8-11,13H2,1-3H3. The van der Waals surface area contributed by atoms with Crippen molar-refractivity contribution in [2.75, 3.05) is 52.4 Å². The third-order valence-corrected chi connectivity index (χ3v) is 7.20. The predicted molar refractivity (Wildman–Crippen MR) is 172 cm³/mol. The summed E-state index contributed by atoms with van der Waals surface area (Å²) in [6.45, 7) is 19.9. The van der Waals surface area contributed by atoms with Crippen LogP contribution in [0.25, 0.3) is 0 Å². The number of nitrogens with zero attached hydrogens (tertiary/aromatic N) is 5. The van der Waals surface area contributed by atoms with Gasteiger partial charge in [0, 0.05) is 72.0 Å². The van der Waals surface area contributed by atoms with Crippen LogP contribution in [0.15, 0.2) is 48.5 Å². The number of benzene rings is 2. The minimum atomic E-state index is -0.448. The molecule has 2 aromatic carbocycles. The van der Waals surface area contributed by atoms with Crippen LogP contribution in [-0.2, 0) is 29.1 Å². The fourth-order valence-electron chi connectivity index (χ4n) is 4.81. The van der Waals surface area contributed by atoms with Crippen molar-refractivity contribution in [1.82, 2.24) is 19.6 Å². The van der Waals surface area contributed by atoms with Gasteiger partial charge in [0.15, 0.2) is 0 Å². The number of carbonyl (C=O) groups is 2. The summed E-state index contributed by atoms with van der Waals surface area (Å²) < 4.78 is 10.8. The summed E-state index contributed by atoms with van der Waals surface area (Å²) in [5, 5.41) is 8.80. The summed E-state index contributed by atoms with van der Waals surface area (Å²) in [5.41, 5.74) is 9.03. The first kappa shape index (κ1) is 34.8. The number of piperazine rings is 2. The highest BCUT2D eigenvalue weighted by molar-refractivity contribution is 5.68. The maximum absolute atomic E-state index is 12.0. The molecule has 10 nitrogen and oxygen atoms in total. The van der Waals surface area contributed by atoms with Crippen LogP contribution in [0, 0.1) is 11.3 Å². The molecule has 2 aromatic rings. The summed E-state index contributed by atoms with van der Waals surface area (Å²) in [6, 6.07) is 18.2. The Morgan fingerprint density at radius 1 is 0.659 bits per heavy atom. The summed E-state index contributed by atoms with van der Waals surface area (Å²) >= 11 is 0. The van der Waals surface area contributed by atoms with E-state index in [0.717, 1.165) is 57.9 Å². The third-order valence-electron chi connectivity index (χ3n) is 7.20. The normalized spacial score (nSPS) is 16.4. The van der Waals surface area contributed by atoms with Gasteiger partial charge in [-0.3, -0.25) is 9.80 Å². The molecule has 2 amide bonds. The van der Waals surface area contributed by atoms with E-state index in [9.17, 15) is 9.59 Å². The van der Waals surface area contributed by atoms with E-state index >= 15 is 0 Å². The van der Waals surface area contributed by atoms with E-state index in [4.69, 9.17) is 20.5 Å². The van der Waals surface area contributed by atoms with E-state index < -0.39 is 11.2 Å². The van der Waals surface area contributed by atoms with Crippen LogP contribution in [0.2, 0.25) is 0 Å². The second-order valence-electron chi connectivity index (χ2n) is 13.3. The highest BCUT2D eigenvalue weighted by atomic mass is 16.6. The molecular formula is C34H50N6O4. The molecule has 44 heavy (non-hydrogen) atoms. The van der Waals surface area contributed by atoms with Crippen molar-refractivity contribution in [3.05, 3.63) is 70.8 Å². The average Bonchev–Trinajstić information content (AvgIpc) is 2.97. The smallest absolute Gasteiger partial charge is 0.410 e. The number of ether oxygens (including phenoxy) is 2. The Morgan fingerprint density at radius 3 is 1.32 bits per heavy atom. The lowest BCUT2D eigenvalue weighted by Crippen LogP contribution is -2.49. The van der Waals surface area contributed by atoms with Gasteiger partial charge in [0.05, 0.1) is 11.6 Å². The first-order valence-corrected chi connectivity index (χ1v) is 15.4. The van der Waals surface area contributed by atoms with E-state index in [-0.39, 0.29) is 12.2 Å². The molecule has 0 spiro atoms. The van der Waals surface area contributed by atoms with Crippen molar-refractivity contribution in [2.45, 2.75) is 72.4 Å². The molecule has 0 aliphatic carbocycles. The topological polar surface area (TPSA) is 115 Å². The van der Waals surface area contributed by atoms with Crippen LogP contribution >= 0.6 is 0 Å². The second-order valence-corrected chi connectivity index (χ2v) is 13.3. The van der Waals surface area contributed by atoms with Gasteiger partial charge in [0.1, 0.15) is 11.2 Å². The molecule has 2 aliphatic heterocycles. The summed E-state index contributed by atoms with van der Waals surface area (Å²) in [4.78, 5) is 32.2. The molecule has 0 aromatic heterocycles. The van der Waals surface area contributed by atoms with Gasteiger partial charge in [0.25, 0.3) is 0 Å². The van der Waals surface area contributed by atoms with Gasteiger partial charge in [0.2, 0.25) is 0 Å². The maximum atomic E-state index is 12.0. The van der Waals surface area contributed by atoms with Gasteiger partial charge >= 0.3 is 12.2 Å². The van der Waals surface area contributed by atoms with Crippen molar-refractivity contribution in [2.24, 2.45) is 5.73 Å². The summed E-state index contributed by atoms with van der Waals surface area (Å²) in [7, 11) is 0. The highest BCUT2D eigenvalue weighted by Gasteiger charge is 2.27. The largest absolute Gasteiger partial charge is 0.444 e. The molecule has 0 unspecified atom stereocenters. The van der Waals surface area contributed by atoms with Crippen molar-refractivity contribution in [3.8, 4) is 6.07 Å². The van der Waals surface area contributed by atoms with Gasteiger partial charge in [-0.25, -0.2) is 9.59 Å². The number of amides is 2. The summed E-state index contributed by atoms with van der Waals surface area (Å²) in [5.74, 6) is 0. The average molecular weight is 607 g/mol. The van der Waals surface area contributed by atoms with E-state index in [1.54, 1.807) is 9.80 Å². The molecule has 2 aliphatic rings. The molecular weight excluding hydrogens is 556 g/mol. The lowest BCUT2D eigenvalue weighted by atomic mass is 10.1. The summed E-state index contributed by atoms with van der Waals surface area (Å²) in [6.07, 6.45) is -0.440. The second kappa shape index (κ2) is 15.9. The number of nitriles is 1. The highest BCUT2D eigenvalue weighted by Crippen LogP contribution is 2.15. The lowest BCUT2D eigenvalue weighted by molar-refractivity contribution is 0.0129. The molecule has 2 N–H and O–H groups in total. The molecule has 4 rings (SSSR count). The van der Waals surface area contributed by atoms with E-state index in [1.807, 2.05) is 65.8 Å². The monoisotopic (exact) mass is 606 g/mol. The molecule has 0 radical (unpaired) electrons. The minimum Gasteiger partial charge on any atom is -0.444 e. The zero-order chi connectivity index (χ0) is 32.3. The Balaban J connectivity index is 0.000000240. The molecule has 240 valence electrons. The predicted octanol–water partition coefficient (Wildman–Crippen LogP) is 4.81. The Bertz CT molecular complexity index is 1230. The van der Waals surface area contributed by atoms with Gasteiger partial charge in [-0.1, -0.05) is 36.4 Å². The Hall–Kier alpha value is -3.65. The molecule has 2 heterocycles. The van der Waals surface area contributed by atoms with Gasteiger partial charge in [-0.2, -0.15) is 5.26 Å². The Morgan fingerprint density at radius 2 is 1.00 bits per heavy atom. The first-order chi connectivity index (χ1) is 20.7. The molecule has 10 heteroatoms. The van der Waals surface area contributed by atoms with Crippen molar-refractivity contribution >= 4 is 12.2 Å². The molecule has 2 fully saturated rings. The Kier molecular flexibility index (Phi) is 12.6. The van der Waals surface area contributed by atoms with Crippen molar-refractivity contribution in [3.63, 3.8) is 0 Å². The number of carbonyl (C=O) groups excluding carboxylic acids is 2. The lowest BCUT2D eigenvalue weighted by Gasteiger charge is -2.35. The van der Waals surface area contributed by atoms with E-state index in [2.05, 4.69) is 40.1 Å². The zero-order valence-corrected chi connectivity index (χ0v) is 27.3. The number of hydrogen-bond donors (Lipinski definition) is 1. The van der Waals surface area contributed by atoms with Gasteiger partial charge in [-0.15, -0.1) is 0 Å². The van der Waals surface area contributed by atoms with Crippen LogP contribution in [0.4, 0.5) is 9.59 Å². The SMILES string of the molecule is CC(C)(C)OC(=O)N1CCN(Cc2ccc(C#N)cc2)CC1.CC(C)(C)OC(=O)N1CCN(Cc2ccc(CN)cc2)CC1. The quantitative estimate of drug-likeness (QED) is 0.516. The van der Waals surface area contributed by atoms with Crippen molar-refractivity contribution < 1.29 is 19.1 Å². The molecule has 0 saturated carbocycles. The zero-order valence-electron chi connectivity index (χ0n) is 27.3. The number of rotatable bonds is 5. The van der Waals surface area contributed by atoms with Crippen LogP contribution < -0.4 is 5.73 Å². The first-order valence-electron chi connectivity index (χ1n) is 15.4. The number of hydrogen-bond acceptors (Lipinski definition) is 8. The van der Waals surface area contributed by atoms with Crippen LogP contribution in [0.1, 0.15) is 63.8 Å². The fourth-order valence-corrected chi connectivity index (χ4v) is 4.81. The van der Waals surface area contributed by atoms with Crippen LogP contribution in [0.5, 0.6) is 0 Å². The third kappa shape index (κ3) is 12.2. The number of nitrogens with two attached hydrogens (primary N) is 1. The molecule has 0 bridgehead atoms.